The molecular formula is C17H32N2O. The number of piperidine rings is 1. The molecule has 1 saturated heterocycles. The summed E-state index contributed by atoms with van der Waals surface area (Å²) in [6.07, 6.45) is 10.8. The molecule has 0 aromatic heterocycles. The average Bonchev–Trinajstić information content (AvgIpc) is 3.23. The summed E-state index contributed by atoms with van der Waals surface area (Å²) in [4.78, 5) is 2.62. The second-order valence-electron chi connectivity index (χ2n) is 7.60. The van der Waals surface area contributed by atoms with Gasteiger partial charge in [0.05, 0.1) is 6.10 Å². The summed E-state index contributed by atoms with van der Waals surface area (Å²) in [7, 11) is 0. The first-order valence-electron chi connectivity index (χ1n) is 8.87. The minimum atomic E-state index is -0.160. The van der Waals surface area contributed by atoms with Gasteiger partial charge < -0.3 is 15.3 Å². The second kappa shape index (κ2) is 6.76. The summed E-state index contributed by atoms with van der Waals surface area (Å²) in [6, 6.07) is 1.34. The second-order valence-corrected chi connectivity index (χ2v) is 7.60. The zero-order valence-corrected chi connectivity index (χ0v) is 13.1. The predicted octanol–water partition coefficient (Wildman–Crippen LogP) is 2.39. The van der Waals surface area contributed by atoms with E-state index in [1.807, 2.05) is 6.92 Å². The normalized spacial score (nSPS) is 35.1. The molecule has 2 saturated carbocycles. The highest BCUT2D eigenvalue weighted by Crippen LogP contribution is 2.32. The molecule has 3 aliphatic rings. The molecule has 0 amide bonds. The summed E-state index contributed by atoms with van der Waals surface area (Å²) >= 11 is 0. The zero-order valence-electron chi connectivity index (χ0n) is 13.1. The van der Waals surface area contributed by atoms with E-state index in [4.69, 9.17) is 0 Å². The van der Waals surface area contributed by atoms with Crippen molar-refractivity contribution >= 4 is 0 Å². The van der Waals surface area contributed by atoms with E-state index < -0.39 is 0 Å². The quantitative estimate of drug-likeness (QED) is 0.812. The van der Waals surface area contributed by atoms with Gasteiger partial charge in [-0.05, 0) is 50.9 Å². The van der Waals surface area contributed by atoms with Gasteiger partial charge in [-0.15, -0.1) is 0 Å². The lowest BCUT2D eigenvalue weighted by Crippen LogP contribution is -2.54. The van der Waals surface area contributed by atoms with Crippen molar-refractivity contribution in [3.8, 4) is 0 Å². The summed E-state index contributed by atoms with van der Waals surface area (Å²) < 4.78 is 0. The predicted molar refractivity (Wildman–Crippen MR) is 82.7 cm³/mol. The van der Waals surface area contributed by atoms with Crippen molar-refractivity contribution in [3.05, 3.63) is 0 Å². The molecule has 2 aliphatic carbocycles. The molecule has 20 heavy (non-hydrogen) atoms. The first-order chi connectivity index (χ1) is 9.70. The van der Waals surface area contributed by atoms with Crippen molar-refractivity contribution in [1.82, 2.24) is 10.2 Å². The third-order valence-electron chi connectivity index (χ3n) is 5.53. The first kappa shape index (κ1) is 14.8. The number of aliphatic hydroxyl groups is 1. The van der Waals surface area contributed by atoms with Gasteiger partial charge in [0.15, 0.2) is 0 Å². The van der Waals surface area contributed by atoms with E-state index >= 15 is 0 Å². The minimum Gasteiger partial charge on any atom is -0.393 e. The third-order valence-corrected chi connectivity index (χ3v) is 5.53. The van der Waals surface area contributed by atoms with E-state index in [2.05, 4.69) is 10.2 Å². The van der Waals surface area contributed by atoms with E-state index in [1.165, 1.54) is 58.0 Å². The number of rotatable bonds is 5. The highest BCUT2D eigenvalue weighted by molar-refractivity contribution is 4.90. The molecule has 3 atom stereocenters. The first-order valence-corrected chi connectivity index (χ1v) is 8.87. The number of nitrogens with one attached hydrogen (secondary N) is 1. The van der Waals surface area contributed by atoms with Crippen LogP contribution in [0.5, 0.6) is 0 Å². The Morgan fingerprint density at radius 2 is 1.80 bits per heavy atom. The van der Waals surface area contributed by atoms with Crippen LogP contribution in [0.25, 0.3) is 0 Å². The van der Waals surface area contributed by atoms with Crippen LogP contribution in [-0.2, 0) is 0 Å². The molecule has 1 heterocycles. The van der Waals surface area contributed by atoms with Gasteiger partial charge in [0.1, 0.15) is 0 Å². The van der Waals surface area contributed by atoms with Gasteiger partial charge in [0.25, 0.3) is 0 Å². The number of hydrogen-bond donors (Lipinski definition) is 2. The topological polar surface area (TPSA) is 35.5 Å². The molecule has 3 fully saturated rings. The van der Waals surface area contributed by atoms with Crippen LogP contribution >= 0.6 is 0 Å². The number of aliphatic hydroxyl groups excluding tert-OH is 1. The van der Waals surface area contributed by atoms with Crippen molar-refractivity contribution in [2.24, 2.45) is 11.8 Å². The molecule has 3 rings (SSSR count). The maximum absolute atomic E-state index is 10.0. The molecule has 3 unspecified atom stereocenters. The Kier molecular flexibility index (Phi) is 5.00. The van der Waals surface area contributed by atoms with Gasteiger partial charge in [-0.25, -0.2) is 0 Å². The lowest BCUT2D eigenvalue weighted by atomic mass is 9.88. The van der Waals surface area contributed by atoms with E-state index in [9.17, 15) is 5.11 Å². The van der Waals surface area contributed by atoms with Crippen LogP contribution in [0.4, 0.5) is 0 Å². The summed E-state index contributed by atoms with van der Waals surface area (Å²) in [5.41, 5.74) is 0. The van der Waals surface area contributed by atoms with Gasteiger partial charge in [-0.3, -0.25) is 0 Å². The summed E-state index contributed by atoms with van der Waals surface area (Å²) in [6.45, 7) is 5.56. The van der Waals surface area contributed by atoms with Crippen LogP contribution in [0.3, 0.4) is 0 Å². The minimum absolute atomic E-state index is 0.160. The Hall–Kier alpha value is -0.120. The zero-order chi connectivity index (χ0) is 13.9. The standard InChI is InChI=1S/C17H32N2O/c1-13(20)15-9-17(18-16-5-3-2-4-6-16)12-19(11-15)10-14-7-8-14/h13-18,20H,2-12H2,1H3. The monoisotopic (exact) mass is 280 g/mol. The Morgan fingerprint density at radius 3 is 2.45 bits per heavy atom. The summed E-state index contributed by atoms with van der Waals surface area (Å²) in [5, 5.41) is 13.9. The smallest absolute Gasteiger partial charge is 0.0553 e. The van der Waals surface area contributed by atoms with Crippen LogP contribution in [0.15, 0.2) is 0 Å². The maximum Gasteiger partial charge on any atom is 0.0553 e. The van der Waals surface area contributed by atoms with Gasteiger partial charge in [-0.1, -0.05) is 19.3 Å². The van der Waals surface area contributed by atoms with Crippen molar-refractivity contribution in [2.45, 2.75) is 76.5 Å². The maximum atomic E-state index is 10.0. The van der Waals surface area contributed by atoms with Gasteiger partial charge in [-0.2, -0.15) is 0 Å². The van der Waals surface area contributed by atoms with Crippen molar-refractivity contribution in [3.63, 3.8) is 0 Å². The van der Waals surface area contributed by atoms with E-state index in [-0.39, 0.29) is 6.10 Å². The molecular weight excluding hydrogens is 248 g/mol. The van der Waals surface area contributed by atoms with Crippen LogP contribution in [-0.4, -0.2) is 47.8 Å². The molecule has 1 aliphatic heterocycles. The molecule has 0 bridgehead atoms. The van der Waals surface area contributed by atoms with Gasteiger partial charge >= 0.3 is 0 Å². The molecule has 116 valence electrons. The highest BCUT2D eigenvalue weighted by atomic mass is 16.3. The number of hydrogen-bond acceptors (Lipinski definition) is 3. The Balaban J connectivity index is 1.53. The highest BCUT2D eigenvalue weighted by Gasteiger charge is 2.33. The van der Waals surface area contributed by atoms with E-state index in [1.54, 1.807) is 0 Å². The summed E-state index contributed by atoms with van der Waals surface area (Å²) in [5.74, 6) is 1.42. The molecule has 0 aromatic rings. The SMILES string of the molecule is CC(O)C1CC(NC2CCCCC2)CN(CC2CC2)C1. The fourth-order valence-corrected chi connectivity index (χ4v) is 4.12. The van der Waals surface area contributed by atoms with Crippen molar-refractivity contribution in [2.75, 3.05) is 19.6 Å². The molecule has 3 nitrogen and oxygen atoms in total. The van der Waals surface area contributed by atoms with Crippen LogP contribution in [0.2, 0.25) is 0 Å². The fraction of sp³-hybridized carbons (Fsp3) is 1.00. The molecule has 3 heteroatoms. The number of nitrogens with zero attached hydrogens (tertiary/aromatic N) is 1. The molecule has 2 N–H and O–H groups in total. The van der Waals surface area contributed by atoms with Gasteiger partial charge in [0.2, 0.25) is 0 Å². The van der Waals surface area contributed by atoms with Crippen molar-refractivity contribution in [1.29, 1.82) is 0 Å². The lowest BCUT2D eigenvalue weighted by molar-refractivity contribution is 0.0428. The molecule has 0 radical (unpaired) electrons. The molecule has 0 spiro atoms. The Morgan fingerprint density at radius 1 is 1.05 bits per heavy atom. The van der Waals surface area contributed by atoms with E-state index in [0.717, 1.165) is 24.9 Å². The van der Waals surface area contributed by atoms with Crippen molar-refractivity contribution < 1.29 is 5.11 Å². The van der Waals surface area contributed by atoms with Crippen LogP contribution in [0, 0.1) is 11.8 Å². The average molecular weight is 280 g/mol. The lowest BCUT2D eigenvalue weighted by Gasteiger charge is -2.41. The Labute approximate surface area is 124 Å². The van der Waals surface area contributed by atoms with Crippen LogP contribution in [0.1, 0.15) is 58.3 Å². The van der Waals surface area contributed by atoms with Gasteiger partial charge in [0, 0.05) is 31.7 Å². The van der Waals surface area contributed by atoms with E-state index in [0.29, 0.717) is 12.0 Å². The fourth-order valence-electron chi connectivity index (χ4n) is 4.12. The third kappa shape index (κ3) is 4.19. The largest absolute Gasteiger partial charge is 0.393 e. The Bertz CT molecular complexity index is 297. The van der Waals surface area contributed by atoms with Crippen LogP contribution < -0.4 is 5.32 Å². The molecule has 0 aromatic carbocycles. The number of likely N-dealkylation sites (tertiary alicyclic amines) is 1.